The van der Waals surface area contributed by atoms with Crippen LogP contribution >= 0.6 is 0 Å². The van der Waals surface area contributed by atoms with Crippen LogP contribution in [-0.2, 0) is 4.79 Å². The number of benzene rings is 2. The average molecular weight is 292 g/mol. The zero-order chi connectivity index (χ0) is 15.4. The van der Waals surface area contributed by atoms with Crippen LogP contribution in [0.3, 0.4) is 0 Å². The second-order valence-electron chi connectivity index (χ2n) is 4.45. The standard InChI is InChI=1S/C15H14F2N2O2/c1-9-3-2-4-12(18)15(9)19-14(20)8-21-13-6-5-10(16)7-11(13)17/h2-7H,8,18H2,1H3,(H,19,20). The molecule has 0 heterocycles. The number of hydrogen-bond acceptors (Lipinski definition) is 3. The molecule has 0 bridgehead atoms. The van der Waals surface area contributed by atoms with Crippen molar-refractivity contribution >= 4 is 17.3 Å². The second kappa shape index (κ2) is 6.21. The Labute approximate surface area is 120 Å². The third-order valence-corrected chi connectivity index (χ3v) is 2.82. The van der Waals surface area contributed by atoms with Gasteiger partial charge in [0.15, 0.2) is 18.2 Å². The van der Waals surface area contributed by atoms with Gasteiger partial charge in [-0.3, -0.25) is 4.79 Å². The summed E-state index contributed by atoms with van der Waals surface area (Å²) in [6, 6.07) is 8.09. The first-order chi connectivity index (χ1) is 9.97. The minimum Gasteiger partial charge on any atom is -0.481 e. The van der Waals surface area contributed by atoms with Crippen molar-refractivity contribution in [3.63, 3.8) is 0 Å². The third-order valence-electron chi connectivity index (χ3n) is 2.82. The van der Waals surface area contributed by atoms with Crippen LogP contribution in [0.4, 0.5) is 20.2 Å². The predicted molar refractivity (Wildman–Crippen MR) is 76.1 cm³/mol. The van der Waals surface area contributed by atoms with E-state index in [0.29, 0.717) is 17.4 Å². The lowest BCUT2D eigenvalue weighted by molar-refractivity contribution is -0.118. The Bertz CT molecular complexity index is 654. The van der Waals surface area contributed by atoms with Gasteiger partial charge in [0.05, 0.1) is 11.4 Å². The number of amides is 1. The SMILES string of the molecule is Cc1cccc(N)c1NC(=O)COc1ccc(F)cc1F. The fourth-order valence-electron chi connectivity index (χ4n) is 1.77. The van der Waals surface area contributed by atoms with Gasteiger partial charge in [-0.1, -0.05) is 12.1 Å². The van der Waals surface area contributed by atoms with Crippen molar-refractivity contribution in [2.24, 2.45) is 0 Å². The van der Waals surface area contributed by atoms with E-state index in [2.05, 4.69) is 5.32 Å². The largest absolute Gasteiger partial charge is 0.481 e. The molecule has 2 rings (SSSR count). The van der Waals surface area contributed by atoms with E-state index >= 15 is 0 Å². The van der Waals surface area contributed by atoms with Crippen LogP contribution in [0.2, 0.25) is 0 Å². The topological polar surface area (TPSA) is 64.3 Å². The molecule has 6 heteroatoms. The number of rotatable bonds is 4. The number of para-hydroxylation sites is 1. The zero-order valence-corrected chi connectivity index (χ0v) is 11.3. The maximum absolute atomic E-state index is 13.3. The minimum atomic E-state index is -0.863. The number of halogens is 2. The summed E-state index contributed by atoms with van der Waals surface area (Å²) in [4.78, 5) is 11.8. The van der Waals surface area contributed by atoms with Gasteiger partial charge in [-0.15, -0.1) is 0 Å². The fraction of sp³-hybridized carbons (Fsp3) is 0.133. The number of carbonyl (C=O) groups excluding carboxylic acids is 1. The van der Waals surface area contributed by atoms with Gasteiger partial charge < -0.3 is 15.8 Å². The molecule has 2 aromatic carbocycles. The maximum Gasteiger partial charge on any atom is 0.262 e. The van der Waals surface area contributed by atoms with Crippen LogP contribution in [0.1, 0.15) is 5.56 Å². The van der Waals surface area contributed by atoms with E-state index in [0.717, 1.165) is 17.7 Å². The van der Waals surface area contributed by atoms with Crippen molar-refractivity contribution < 1.29 is 18.3 Å². The highest BCUT2D eigenvalue weighted by Gasteiger charge is 2.10. The molecule has 1 amide bonds. The monoisotopic (exact) mass is 292 g/mol. The summed E-state index contributed by atoms with van der Waals surface area (Å²) in [5.41, 5.74) is 7.48. The van der Waals surface area contributed by atoms with E-state index in [9.17, 15) is 13.6 Å². The van der Waals surface area contributed by atoms with Crippen molar-refractivity contribution in [2.75, 3.05) is 17.7 Å². The molecule has 4 nitrogen and oxygen atoms in total. The molecule has 0 saturated heterocycles. The summed E-state index contributed by atoms with van der Waals surface area (Å²) >= 11 is 0. The van der Waals surface area contributed by atoms with E-state index in [1.54, 1.807) is 25.1 Å². The van der Waals surface area contributed by atoms with Crippen molar-refractivity contribution in [1.82, 2.24) is 0 Å². The van der Waals surface area contributed by atoms with Crippen molar-refractivity contribution in [3.05, 3.63) is 53.6 Å². The normalized spacial score (nSPS) is 10.2. The highest BCUT2D eigenvalue weighted by atomic mass is 19.1. The lowest BCUT2D eigenvalue weighted by Crippen LogP contribution is -2.21. The molecule has 0 aliphatic heterocycles. The highest BCUT2D eigenvalue weighted by molar-refractivity contribution is 5.95. The van der Waals surface area contributed by atoms with Gasteiger partial charge in [0.1, 0.15) is 5.82 Å². The van der Waals surface area contributed by atoms with Crippen LogP contribution in [0.5, 0.6) is 5.75 Å². The molecule has 0 spiro atoms. The molecule has 0 aliphatic rings. The van der Waals surface area contributed by atoms with Gasteiger partial charge in [-0.25, -0.2) is 8.78 Å². The Morgan fingerprint density at radius 2 is 2.05 bits per heavy atom. The Morgan fingerprint density at radius 1 is 1.29 bits per heavy atom. The molecule has 0 atom stereocenters. The van der Waals surface area contributed by atoms with Crippen LogP contribution in [0.15, 0.2) is 36.4 Å². The van der Waals surface area contributed by atoms with Gasteiger partial charge in [0, 0.05) is 6.07 Å². The van der Waals surface area contributed by atoms with Crippen LogP contribution < -0.4 is 15.8 Å². The Kier molecular flexibility index (Phi) is 4.37. The van der Waals surface area contributed by atoms with Gasteiger partial charge in [0.25, 0.3) is 5.91 Å². The summed E-state index contributed by atoms with van der Waals surface area (Å²) in [5, 5.41) is 2.59. The maximum atomic E-state index is 13.3. The highest BCUT2D eigenvalue weighted by Crippen LogP contribution is 2.22. The van der Waals surface area contributed by atoms with Gasteiger partial charge >= 0.3 is 0 Å². The zero-order valence-electron chi connectivity index (χ0n) is 11.3. The lowest BCUT2D eigenvalue weighted by Gasteiger charge is -2.12. The third kappa shape index (κ3) is 3.68. The molecule has 2 aromatic rings. The Balaban J connectivity index is 1.99. The predicted octanol–water partition coefficient (Wildman–Crippen LogP) is 2.87. The van der Waals surface area contributed by atoms with E-state index in [4.69, 9.17) is 10.5 Å². The number of hydrogen-bond donors (Lipinski definition) is 2. The van der Waals surface area contributed by atoms with Crippen molar-refractivity contribution in [1.29, 1.82) is 0 Å². The Hall–Kier alpha value is -2.63. The molecule has 0 saturated carbocycles. The van der Waals surface area contributed by atoms with Crippen molar-refractivity contribution in [2.45, 2.75) is 6.92 Å². The molecule has 0 unspecified atom stereocenters. The minimum absolute atomic E-state index is 0.190. The fourth-order valence-corrected chi connectivity index (χ4v) is 1.77. The van der Waals surface area contributed by atoms with Crippen molar-refractivity contribution in [3.8, 4) is 5.75 Å². The van der Waals surface area contributed by atoms with E-state index in [1.165, 1.54) is 0 Å². The molecule has 21 heavy (non-hydrogen) atoms. The molecular weight excluding hydrogens is 278 g/mol. The molecule has 0 radical (unpaired) electrons. The average Bonchev–Trinajstić information content (AvgIpc) is 2.42. The first kappa shape index (κ1) is 14.8. The summed E-state index contributed by atoms with van der Waals surface area (Å²) in [6.07, 6.45) is 0. The van der Waals surface area contributed by atoms with E-state index < -0.39 is 24.1 Å². The summed E-state index contributed by atoms with van der Waals surface area (Å²) in [7, 11) is 0. The van der Waals surface area contributed by atoms with Crippen LogP contribution in [0, 0.1) is 18.6 Å². The number of nitrogen functional groups attached to an aromatic ring is 1. The Morgan fingerprint density at radius 3 is 2.71 bits per heavy atom. The number of anilines is 2. The first-order valence-electron chi connectivity index (χ1n) is 6.20. The quantitative estimate of drug-likeness (QED) is 0.852. The number of nitrogens with one attached hydrogen (secondary N) is 1. The van der Waals surface area contributed by atoms with Gasteiger partial charge in [0.2, 0.25) is 0 Å². The molecule has 0 fully saturated rings. The van der Waals surface area contributed by atoms with Crippen LogP contribution in [0.25, 0.3) is 0 Å². The molecule has 3 N–H and O–H groups in total. The number of ether oxygens (including phenoxy) is 1. The lowest BCUT2D eigenvalue weighted by atomic mass is 10.1. The number of aryl methyl sites for hydroxylation is 1. The first-order valence-corrected chi connectivity index (χ1v) is 6.20. The summed E-state index contributed by atoms with van der Waals surface area (Å²) < 4.78 is 31.1. The molecule has 0 aromatic heterocycles. The summed E-state index contributed by atoms with van der Waals surface area (Å²) in [5.74, 6) is -2.25. The van der Waals surface area contributed by atoms with E-state index in [1.807, 2.05) is 0 Å². The van der Waals surface area contributed by atoms with Gasteiger partial charge in [-0.2, -0.15) is 0 Å². The molecule has 0 aliphatic carbocycles. The van der Waals surface area contributed by atoms with Gasteiger partial charge in [-0.05, 0) is 30.7 Å². The number of carbonyl (C=O) groups is 1. The second-order valence-corrected chi connectivity index (χ2v) is 4.45. The molecular formula is C15H14F2N2O2. The smallest absolute Gasteiger partial charge is 0.262 e. The summed E-state index contributed by atoms with van der Waals surface area (Å²) in [6.45, 7) is 1.39. The molecule has 110 valence electrons. The van der Waals surface area contributed by atoms with Crippen LogP contribution in [-0.4, -0.2) is 12.5 Å². The van der Waals surface area contributed by atoms with E-state index in [-0.39, 0.29) is 5.75 Å². The number of nitrogens with two attached hydrogens (primary N) is 1.